The Labute approximate surface area is 158 Å². The molecule has 2 aromatic rings. The molecule has 0 aliphatic carbocycles. The van der Waals surface area contributed by atoms with Crippen LogP contribution in [-0.2, 0) is 10.0 Å². The highest BCUT2D eigenvalue weighted by atomic mass is 32.2. The summed E-state index contributed by atoms with van der Waals surface area (Å²) in [5, 5.41) is 14.0. The summed E-state index contributed by atoms with van der Waals surface area (Å²) in [6.45, 7) is 4.12. The third kappa shape index (κ3) is 4.90. The summed E-state index contributed by atoms with van der Waals surface area (Å²) in [5.41, 5.74) is 0.723. The lowest BCUT2D eigenvalue weighted by Gasteiger charge is -2.22. The van der Waals surface area contributed by atoms with Gasteiger partial charge >= 0.3 is 0 Å². The highest BCUT2D eigenvalue weighted by molar-refractivity contribution is 7.89. The van der Waals surface area contributed by atoms with Crippen molar-refractivity contribution < 1.29 is 13.2 Å². The van der Waals surface area contributed by atoms with Crippen LogP contribution in [0.4, 0.5) is 5.69 Å². The van der Waals surface area contributed by atoms with Crippen LogP contribution in [0.3, 0.4) is 0 Å². The van der Waals surface area contributed by atoms with Crippen LogP contribution in [0.25, 0.3) is 0 Å². The van der Waals surface area contributed by atoms with Crippen molar-refractivity contribution in [1.29, 1.82) is 0 Å². The van der Waals surface area contributed by atoms with Gasteiger partial charge in [-0.05, 0) is 56.6 Å². The summed E-state index contributed by atoms with van der Waals surface area (Å²) in [6.07, 6.45) is 4.27. The van der Waals surface area contributed by atoms with Gasteiger partial charge < -0.3 is 10.6 Å². The topological polar surface area (TPSA) is 118 Å². The van der Waals surface area contributed by atoms with Gasteiger partial charge in [-0.15, -0.1) is 5.10 Å². The van der Waals surface area contributed by atoms with E-state index in [2.05, 4.69) is 25.7 Å². The number of anilines is 1. The Hall–Kier alpha value is -2.30. The van der Waals surface area contributed by atoms with E-state index in [0.717, 1.165) is 25.9 Å². The lowest BCUT2D eigenvalue weighted by Crippen LogP contribution is -2.29. The van der Waals surface area contributed by atoms with Gasteiger partial charge in [-0.25, -0.2) is 17.8 Å². The molecule has 27 heavy (non-hydrogen) atoms. The van der Waals surface area contributed by atoms with Crippen LogP contribution in [0.2, 0.25) is 0 Å². The van der Waals surface area contributed by atoms with E-state index in [0.29, 0.717) is 18.7 Å². The molecule has 0 radical (unpaired) electrons. The van der Waals surface area contributed by atoms with Gasteiger partial charge in [0.1, 0.15) is 0 Å². The Morgan fingerprint density at radius 1 is 1.26 bits per heavy atom. The zero-order valence-electron chi connectivity index (χ0n) is 15.2. The number of carbonyl (C=O) groups excluding carboxylic acids is 1. The SMILES string of the molecule is CCCNS(=O)(=O)c1ccc(NC(=O)c2cn(C3CCNCC3)nn2)cc1. The number of benzene rings is 1. The first-order valence-electron chi connectivity index (χ1n) is 9.03. The van der Waals surface area contributed by atoms with Gasteiger partial charge in [0.05, 0.1) is 17.1 Å². The van der Waals surface area contributed by atoms with Gasteiger partial charge in [-0.1, -0.05) is 12.1 Å². The molecule has 146 valence electrons. The monoisotopic (exact) mass is 392 g/mol. The van der Waals surface area contributed by atoms with E-state index < -0.39 is 10.0 Å². The first-order valence-corrected chi connectivity index (χ1v) is 10.5. The van der Waals surface area contributed by atoms with E-state index >= 15 is 0 Å². The maximum atomic E-state index is 12.4. The summed E-state index contributed by atoms with van der Waals surface area (Å²) >= 11 is 0. The first kappa shape index (κ1) is 19.5. The first-order chi connectivity index (χ1) is 13.0. The fourth-order valence-corrected chi connectivity index (χ4v) is 4.00. The molecular weight excluding hydrogens is 368 g/mol. The number of carbonyl (C=O) groups is 1. The average molecular weight is 392 g/mol. The van der Waals surface area contributed by atoms with E-state index in [-0.39, 0.29) is 22.5 Å². The van der Waals surface area contributed by atoms with Crippen molar-refractivity contribution in [1.82, 2.24) is 25.0 Å². The van der Waals surface area contributed by atoms with E-state index in [1.165, 1.54) is 12.1 Å². The van der Waals surface area contributed by atoms with Gasteiger partial charge in [-0.2, -0.15) is 0 Å². The van der Waals surface area contributed by atoms with E-state index in [9.17, 15) is 13.2 Å². The van der Waals surface area contributed by atoms with Gasteiger partial charge in [0.25, 0.3) is 5.91 Å². The second kappa shape index (κ2) is 8.59. The molecule has 0 saturated carbocycles. The number of piperidine rings is 1. The van der Waals surface area contributed by atoms with Crippen LogP contribution < -0.4 is 15.4 Å². The molecular formula is C17H24N6O3S. The maximum absolute atomic E-state index is 12.4. The van der Waals surface area contributed by atoms with Gasteiger partial charge in [0.15, 0.2) is 5.69 Å². The second-order valence-corrected chi connectivity index (χ2v) is 8.21. The number of amides is 1. The Bertz CT molecular complexity index is 872. The van der Waals surface area contributed by atoms with Crippen molar-refractivity contribution in [2.75, 3.05) is 25.0 Å². The van der Waals surface area contributed by atoms with Crippen LogP contribution in [0.1, 0.15) is 42.7 Å². The quantitative estimate of drug-likeness (QED) is 0.650. The summed E-state index contributed by atoms with van der Waals surface area (Å²) in [4.78, 5) is 12.5. The van der Waals surface area contributed by atoms with E-state index in [1.54, 1.807) is 23.0 Å². The van der Waals surface area contributed by atoms with Crippen molar-refractivity contribution >= 4 is 21.6 Å². The van der Waals surface area contributed by atoms with Crippen LogP contribution in [0.5, 0.6) is 0 Å². The number of nitrogens with zero attached hydrogens (tertiary/aromatic N) is 3. The zero-order chi connectivity index (χ0) is 19.3. The summed E-state index contributed by atoms with van der Waals surface area (Å²) in [7, 11) is -3.52. The van der Waals surface area contributed by atoms with Crippen molar-refractivity contribution in [3.05, 3.63) is 36.2 Å². The lowest BCUT2D eigenvalue weighted by molar-refractivity contribution is 0.102. The van der Waals surface area contributed by atoms with Gasteiger partial charge in [0.2, 0.25) is 10.0 Å². The molecule has 9 nitrogen and oxygen atoms in total. The molecule has 0 spiro atoms. The molecule has 0 atom stereocenters. The molecule has 0 bridgehead atoms. The van der Waals surface area contributed by atoms with E-state index in [4.69, 9.17) is 0 Å². The van der Waals surface area contributed by atoms with Crippen molar-refractivity contribution in [2.24, 2.45) is 0 Å². The summed E-state index contributed by atoms with van der Waals surface area (Å²) in [6, 6.07) is 6.27. The number of nitrogens with one attached hydrogen (secondary N) is 3. The third-order valence-electron chi connectivity index (χ3n) is 4.39. The third-order valence-corrected chi connectivity index (χ3v) is 5.87. The lowest BCUT2D eigenvalue weighted by atomic mass is 10.1. The second-order valence-electron chi connectivity index (χ2n) is 6.44. The van der Waals surface area contributed by atoms with Crippen LogP contribution in [-0.4, -0.2) is 49.0 Å². The molecule has 1 aromatic carbocycles. The van der Waals surface area contributed by atoms with Crippen molar-refractivity contribution in [2.45, 2.75) is 37.1 Å². The standard InChI is InChI=1S/C17H24N6O3S/c1-2-9-19-27(25,26)15-5-3-13(4-6-15)20-17(24)16-12-23(22-21-16)14-7-10-18-11-8-14/h3-6,12,14,18-19H,2,7-11H2,1H3,(H,20,24). The minimum atomic E-state index is -3.52. The molecule has 3 rings (SSSR count). The van der Waals surface area contributed by atoms with Crippen molar-refractivity contribution in [3.63, 3.8) is 0 Å². The highest BCUT2D eigenvalue weighted by Crippen LogP contribution is 2.18. The minimum Gasteiger partial charge on any atom is -0.321 e. The molecule has 1 aliphatic rings. The molecule has 3 N–H and O–H groups in total. The Morgan fingerprint density at radius 2 is 1.96 bits per heavy atom. The molecule has 1 aromatic heterocycles. The fraction of sp³-hybridized carbons (Fsp3) is 0.471. The van der Waals surface area contributed by atoms with Crippen LogP contribution >= 0.6 is 0 Å². The number of aromatic nitrogens is 3. The van der Waals surface area contributed by atoms with Gasteiger partial charge in [-0.3, -0.25) is 4.79 Å². The summed E-state index contributed by atoms with van der Waals surface area (Å²) < 4.78 is 28.4. The molecule has 1 saturated heterocycles. The predicted molar refractivity (Wildman–Crippen MR) is 101 cm³/mol. The fourth-order valence-electron chi connectivity index (χ4n) is 2.86. The minimum absolute atomic E-state index is 0.158. The number of sulfonamides is 1. The molecule has 1 fully saturated rings. The molecule has 10 heteroatoms. The Balaban J connectivity index is 1.63. The molecule has 1 amide bonds. The van der Waals surface area contributed by atoms with Crippen LogP contribution in [0, 0.1) is 0 Å². The average Bonchev–Trinajstić information content (AvgIpc) is 3.18. The highest BCUT2D eigenvalue weighted by Gasteiger charge is 2.19. The predicted octanol–water partition coefficient (Wildman–Crippen LogP) is 1.14. The summed E-state index contributed by atoms with van der Waals surface area (Å²) in [5.74, 6) is -0.380. The van der Waals surface area contributed by atoms with Crippen molar-refractivity contribution in [3.8, 4) is 0 Å². The maximum Gasteiger partial charge on any atom is 0.277 e. The molecule has 0 unspecified atom stereocenters. The molecule has 1 aliphatic heterocycles. The molecule has 2 heterocycles. The Kier molecular flexibility index (Phi) is 6.19. The smallest absolute Gasteiger partial charge is 0.277 e. The number of hydrogen-bond acceptors (Lipinski definition) is 6. The normalized spacial score (nSPS) is 15.6. The van der Waals surface area contributed by atoms with E-state index in [1.807, 2.05) is 6.92 Å². The van der Waals surface area contributed by atoms with Gasteiger partial charge in [0, 0.05) is 12.2 Å². The van der Waals surface area contributed by atoms with Crippen LogP contribution in [0.15, 0.2) is 35.4 Å². The zero-order valence-corrected chi connectivity index (χ0v) is 16.0. The number of rotatable bonds is 7. The number of hydrogen-bond donors (Lipinski definition) is 3. The Morgan fingerprint density at radius 3 is 2.63 bits per heavy atom. The largest absolute Gasteiger partial charge is 0.321 e.